The van der Waals surface area contributed by atoms with Gasteiger partial charge in [-0.2, -0.15) is 0 Å². The number of rotatable bonds is 15. The lowest BCUT2D eigenvalue weighted by Crippen LogP contribution is -2.45. The highest BCUT2D eigenvalue weighted by atomic mass is 33.1. The molecule has 0 aliphatic carbocycles. The van der Waals surface area contributed by atoms with Crippen LogP contribution in [0.1, 0.15) is 65.5 Å². The fourth-order valence-corrected chi connectivity index (χ4v) is 5.73. The highest BCUT2D eigenvalue weighted by Gasteiger charge is 2.28. The Morgan fingerprint density at radius 2 is 0.952 bits per heavy atom. The largest absolute Gasteiger partial charge is 0.458 e. The molecule has 230 valence electrons. The van der Waals surface area contributed by atoms with Gasteiger partial charge in [-0.25, -0.2) is 9.59 Å². The van der Waals surface area contributed by atoms with Crippen molar-refractivity contribution in [1.29, 1.82) is 0 Å². The van der Waals surface area contributed by atoms with Crippen LogP contribution in [0, 0.1) is 0 Å². The van der Waals surface area contributed by atoms with Crippen molar-refractivity contribution >= 4 is 45.3 Å². The van der Waals surface area contributed by atoms with Crippen molar-refractivity contribution in [3.8, 4) is 0 Å². The monoisotopic (exact) mass is 616 g/mol. The number of ether oxygens (including phenoxy) is 2. The van der Waals surface area contributed by atoms with E-state index in [1.807, 2.05) is 60.7 Å². The van der Waals surface area contributed by atoms with Crippen molar-refractivity contribution in [3.63, 3.8) is 0 Å². The molecule has 0 radical (unpaired) electrons. The second-order valence-corrected chi connectivity index (χ2v) is 14.5. The summed E-state index contributed by atoms with van der Waals surface area (Å²) in [5.41, 5.74) is 0.526. The molecule has 42 heavy (non-hydrogen) atoms. The summed E-state index contributed by atoms with van der Waals surface area (Å²) in [5.74, 6) is -0.394. The molecule has 0 aliphatic rings. The molecule has 2 aromatic rings. The van der Waals surface area contributed by atoms with Gasteiger partial charge in [-0.05, 0) is 52.7 Å². The van der Waals surface area contributed by atoms with E-state index in [1.165, 1.54) is 21.6 Å². The zero-order valence-electron chi connectivity index (χ0n) is 25.4. The van der Waals surface area contributed by atoms with Crippen molar-refractivity contribution in [2.24, 2.45) is 0 Å². The first-order chi connectivity index (χ1) is 19.7. The summed E-state index contributed by atoms with van der Waals surface area (Å²) in [6.45, 7) is 10.8. The van der Waals surface area contributed by atoms with E-state index in [1.54, 1.807) is 41.5 Å². The first-order valence-electron chi connectivity index (χ1n) is 14.1. The zero-order chi connectivity index (χ0) is 31.2. The molecule has 0 aromatic heterocycles. The Morgan fingerprint density at radius 3 is 1.26 bits per heavy atom. The lowest BCUT2D eigenvalue weighted by molar-refractivity contribution is -0.159. The van der Waals surface area contributed by atoms with Gasteiger partial charge in [0.1, 0.15) is 23.3 Å². The number of hydrogen-bond acceptors (Lipinski definition) is 8. The number of hydrogen-bond donors (Lipinski definition) is 2. The predicted octanol–water partition coefficient (Wildman–Crippen LogP) is 5.29. The van der Waals surface area contributed by atoms with Gasteiger partial charge in [0.2, 0.25) is 11.8 Å². The average molecular weight is 617 g/mol. The topological polar surface area (TPSA) is 111 Å². The molecule has 0 heterocycles. The van der Waals surface area contributed by atoms with Crippen molar-refractivity contribution in [1.82, 2.24) is 10.6 Å². The minimum Gasteiger partial charge on any atom is -0.458 e. The zero-order valence-corrected chi connectivity index (χ0v) is 27.1. The molecule has 0 spiro atoms. The van der Waals surface area contributed by atoms with Gasteiger partial charge in [0.15, 0.2) is 0 Å². The maximum Gasteiger partial charge on any atom is 0.329 e. The maximum atomic E-state index is 12.8. The number of carbonyl (C=O) groups excluding carboxylic acids is 4. The van der Waals surface area contributed by atoms with E-state index in [0.717, 1.165) is 11.1 Å². The molecule has 2 rings (SSSR count). The van der Waals surface area contributed by atoms with E-state index >= 15 is 0 Å². The number of esters is 2. The number of nitrogens with one attached hydrogen (secondary N) is 2. The van der Waals surface area contributed by atoms with Crippen molar-refractivity contribution in [2.45, 2.75) is 90.5 Å². The Balaban J connectivity index is 1.78. The third kappa shape index (κ3) is 15.3. The Hall–Kier alpha value is -2.98. The summed E-state index contributed by atoms with van der Waals surface area (Å²) < 4.78 is 11.0. The maximum absolute atomic E-state index is 12.8. The van der Waals surface area contributed by atoms with Crippen molar-refractivity contribution < 1.29 is 28.7 Å². The highest BCUT2D eigenvalue weighted by Crippen LogP contribution is 2.23. The molecule has 0 bridgehead atoms. The number of benzene rings is 2. The lowest BCUT2D eigenvalue weighted by Gasteiger charge is -2.25. The fraction of sp³-hybridized carbons (Fsp3) is 0.500. The number of amides is 2. The van der Waals surface area contributed by atoms with Crippen molar-refractivity contribution in [2.75, 3.05) is 11.5 Å². The summed E-state index contributed by atoms with van der Waals surface area (Å²) in [6, 6.07) is 17.4. The van der Waals surface area contributed by atoms with E-state index in [-0.39, 0.29) is 24.7 Å². The molecule has 0 fully saturated rings. The van der Waals surface area contributed by atoms with Crippen LogP contribution in [0.5, 0.6) is 0 Å². The van der Waals surface area contributed by atoms with E-state index in [0.29, 0.717) is 24.3 Å². The van der Waals surface area contributed by atoms with Gasteiger partial charge < -0.3 is 20.1 Å². The van der Waals surface area contributed by atoms with E-state index in [9.17, 15) is 19.2 Å². The molecule has 2 aromatic carbocycles. The van der Waals surface area contributed by atoms with Crippen LogP contribution in [0.3, 0.4) is 0 Å². The normalized spacial score (nSPS) is 13.0. The molecule has 0 unspecified atom stereocenters. The first kappa shape index (κ1) is 35.2. The smallest absolute Gasteiger partial charge is 0.329 e. The first-order valence-corrected chi connectivity index (χ1v) is 16.6. The lowest BCUT2D eigenvalue weighted by atomic mass is 10.1. The molecule has 2 N–H and O–H groups in total. The van der Waals surface area contributed by atoms with Gasteiger partial charge in [0, 0.05) is 37.2 Å². The minimum absolute atomic E-state index is 0.218. The van der Waals surface area contributed by atoms with Gasteiger partial charge in [-0.1, -0.05) is 82.3 Å². The average Bonchev–Trinajstić information content (AvgIpc) is 2.89. The predicted molar refractivity (Wildman–Crippen MR) is 170 cm³/mol. The molecular formula is C32H44N2O6S2. The second-order valence-electron chi connectivity index (χ2n) is 11.8. The summed E-state index contributed by atoms with van der Waals surface area (Å²) in [7, 11) is 2.95. The number of carbonyl (C=O) groups is 4. The van der Waals surface area contributed by atoms with Crippen molar-refractivity contribution in [3.05, 3.63) is 71.8 Å². The molecule has 2 atom stereocenters. The summed E-state index contributed by atoms with van der Waals surface area (Å²) in [5, 5.41) is 5.64. The Morgan fingerprint density at radius 1 is 0.619 bits per heavy atom. The third-order valence-electron chi connectivity index (χ3n) is 5.53. The SMILES string of the molecule is CC(C)(C)OC(=O)[C@H](Cc1ccccc1)NC(=O)CCSSCCC(=O)N[C@@H](Cc1ccccc1)C(=O)OC(C)(C)C. The van der Waals surface area contributed by atoms with E-state index in [2.05, 4.69) is 10.6 Å². The Bertz CT molecular complexity index is 1060. The van der Waals surface area contributed by atoms with Gasteiger partial charge in [0.25, 0.3) is 0 Å². The van der Waals surface area contributed by atoms with Gasteiger partial charge in [0.05, 0.1) is 0 Å². The van der Waals surface area contributed by atoms with E-state index in [4.69, 9.17) is 9.47 Å². The Kier molecular flexibility index (Phi) is 14.4. The molecule has 0 saturated heterocycles. The van der Waals surface area contributed by atoms with Crippen LogP contribution in [-0.2, 0) is 41.5 Å². The molecule has 2 amide bonds. The standard InChI is InChI=1S/C32H44N2O6S2/c1-31(2,3)39-29(37)25(21-23-13-9-7-10-14-23)33-27(35)17-19-41-42-20-18-28(36)34-26(30(38)40-32(4,5)6)22-24-15-11-8-12-16-24/h7-16,25-26H,17-22H2,1-6H3,(H,33,35)(H,34,36)/t25-,26-/m0/s1. The van der Waals surface area contributed by atoms with Gasteiger partial charge >= 0.3 is 11.9 Å². The summed E-state index contributed by atoms with van der Waals surface area (Å²) >= 11 is 0. The van der Waals surface area contributed by atoms with Gasteiger partial charge in [-0.15, -0.1) is 0 Å². The summed E-state index contributed by atoms with van der Waals surface area (Å²) in [6.07, 6.45) is 1.12. The van der Waals surface area contributed by atoms with Crippen LogP contribution in [0.4, 0.5) is 0 Å². The molecule has 0 aliphatic heterocycles. The van der Waals surface area contributed by atoms with Crippen LogP contribution in [0.2, 0.25) is 0 Å². The molecule has 0 saturated carbocycles. The molecule has 8 nitrogen and oxygen atoms in total. The van der Waals surface area contributed by atoms with Crippen LogP contribution < -0.4 is 10.6 Å². The van der Waals surface area contributed by atoms with E-state index < -0.39 is 35.2 Å². The van der Waals surface area contributed by atoms with Crippen LogP contribution in [0.25, 0.3) is 0 Å². The highest BCUT2D eigenvalue weighted by molar-refractivity contribution is 8.76. The van der Waals surface area contributed by atoms with Crippen LogP contribution >= 0.6 is 21.6 Å². The molecule has 10 heteroatoms. The second kappa shape index (κ2) is 17.2. The fourth-order valence-electron chi connectivity index (χ4n) is 3.75. The van der Waals surface area contributed by atoms with Crippen LogP contribution in [0.15, 0.2) is 60.7 Å². The quantitative estimate of drug-likeness (QED) is 0.158. The summed E-state index contributed by atoms with van der Waals surface area (Å²) in [4.78, 5) is 50.8. The Labute approximate surface area is 257 Å². The van der Waals surface area contributed by atoms with Gasteiger partial charge in [-0.3, -0.25) is 9.59 Å². The minimum atomic E-state index is -0.783. The molecular weight excluding hydrogens is 572 g/mol. The van der Waals surface area contributed by atoms with Crippen LogP contribution in [-0.4, -0.2) is 58.5 Å². The third-order valence-corrected chi connectivity index (χ3v) is 7.93.